The number of likely N-dealkylation sites (N-methyl/N-ethyl adjacent to an activating group) is 1. The number of pyridine rings is 1. The van der Waals surface area contributed by atoms with Gasteiger partial charge in [-0.05, 0) is 30.7 Å². The molecular formula is C12H17N3O2. The smallest absolute Gasteiger partial charge is 0.303 e. The molecule has 5 heteroatoms. The van der Waals surface area contributed by atoms with Gasteiger partial charge in [0.2, 0.25) is 0 Å². The van der Waals surface area contributed by atoms with Crippen molar-refractivity contribution in [3.63, 3.8) is 0 Å². The molecule has 0 saturated carbocycles. The van der Waals surface area contributed by atoms with Crippen LogP contribution in [-0.2, 0) is 4.79 Å². The predicted octanol–water partition coefficient (Wildman–Crippen LogP) is 0.486. The zero-order chi connectivity index (χ0) is 12.4. The first-order chi connectivity index (χ1) is 8.09. The molecule has 17 heavy (non-hydrogen) atoms. The largest absolute Gasteiger partial charge is 0.481 e. The first-order valence-electron chi connectivity index (χ1n) is 5.67. The third-order valence-electron chi connectivity index (χ3n) is 3.39. The molecule has 1 aromatic rings. The average Bonchev–Trinajstić information content (AvgIpc) is 2.54. The van der Waals surface area contributed by atoms with Crippen molar-refractivity contribution in [3.8, 4) is 0 Å². The molecule has 2 rings (SSSR count). The molecule has 1 aliphatic heterocycles. The van der Waals surface area contributed by atoms with E-state index in [9.17, 15) is 4.79 Å². The van der Waals surface area contributed by atoms with Crippen molar-refractivity contribution in [3.05, 3.63) is 30.1 Å². The van der Waals surface area contributed by atoms with Crippen molar-refractivity contribution in [1.82, 2.24) is 9.88 Å². The summed E-state index contributed by atoms with van der Waals surface area (Å²) in [5, 5.41) is 8.85. The zero-order valence-electron chi connectivity index (χ0n) is 9.78. The van der Waals surface area contributed by atoms with E-state index in [1.807, 2.05) is 19.2 Å². The molecule has 3 unspecified atom stereocenters. The van der Waals surface area contributed by atoms with Gasteiger partial charge < -0.3 is 10.8 Å². The van der Waals surface area contributed by atoms with E-state index < -0.39 is 5.97 Å². The van der Waals surface area contributed by atoms with Crippen LogP contribution in [0, 0.1) is 5.92 Å². The second-order valence-electron chi connectivity index (χ2n) is 4.60. The SMILES string of the molecule is CN1CC(CC(=O)O)C(N)C1c1ccncc1. The van der Waals surface area contributed by atoms with E-state index in [-0.39, 0.29) is 24.4 Å². The van der Waals surface area contributed by atoms with E-state index in [1.54, 1.807) is 12.4 Å². The van der Waals surface area contributed by atoms with Crippen molar-refractivity contribution in [2.75, 3.05) is 13.6 Å². The number of nitrogens with two attached hydrogens (primary N) is 1. The van der Waals surface area contributed by atoms with Crippen LogP contribution in [0.1, 0.15) is 18.0 Å². The summed E-state index contributed by atoms with van der Waals surface area (Å²) in [6.45, 7) is 0.723. The lowest BCUT2D eigenvalue weighted by molar-refractivity contribution is -0.138. The molecule has 3 N–H and O–H groups in total. The number of nitrogens with zero attached hydrogens (tertiary/aromatic N) is 2. The highest BCUT2D eigenvalue weighted by molar-refractivity contribution is 5.67. The highest BCUT2D eigenvalue weighted by atomic mass is 16.4. The quantitative estimate of drug-likeness (QED) is 0.797. The maximum absolute atomic E-state index is 10.8. The van der Waals surface area contributed by atoms with Crippen LogP contribution in [-0.4, -0.2) is 40.6 Å². The summed E-state index contributed by atoms with van der Waals surface area (Å²) in [6, 6.07) is 3.81. The molecule has 5 nitrogen and oxygen atoms in total. The lowest BCUT2D eigenvalue weighted by Crippen LogP contribution is -2.33. The van der Waals surface area contributed by atoms with Crippen molar-refractivity contribution >= 4 is 5.97 Å². The fourth-order valence-electron chi connectivity index (χ4n) is 2.62. The standard InChI is InChI=1S/C12H17N3O2/c1-15-7-9(6-10(16)17)11(13)12(15)8-2-4-14-5-3-8/h2-5,9,11-12H,6-7,13H2,1H3,(H,16,17). The van der Waals surface area contributed by atoms with Crippen LogP contribution in [0.4, 0.5) is 0 Å². The Morgan fingerprint density at radius 3 is 2.82 bits per heavy atom. The second-order valence-corrected chi connectivity index (χ2v) is 4.60. The molecule has 1 aromatic heterocycles. The number of hydrogen-bond acceptors (Lipinski definition) is 4. The number of hydrogen-bond donors (Lipinski definition) is 2. The van der Waals surface area contributed by atoms with E-state index in [1.165, 1.54) is 0 Å². The number of rotatable bonds is 3. The van der Waals surface area contributed by atoms with Crippen molar-refractivity contribution < 1.29 is 9.90 Å². The van der Waals surface area contributed by atoms with E-state index in [0.717, 1.165) is 12.1 Å². The van der Waals surface area contributed by atoms with Crippen molar-refractivity contribution in [2.45, 2.75) is 18.5 Å². The lowest BCUT2D eigenvalue weighted by Gasteiger charge is -2.23. The molecule has 1 fully saturated rings. The third kappa shape index (κ3) is 2.45. The van der Waals surface area contributed by atoms with Gasteiger partial charge in [-0.1, -0.05) is 0 Å². The molecule has 92 valence electrons. The molecular weight excluding hydrogens is 218 g/mol. The Balaban J connectivity index is 2.17. The van der Waals surface area contributed by atoms with Gasteiger partial charge in [0.15, 0.2) is 0 Å². The first-order valence-corrected chi connectivity index (χ1v) is 5.67. The molecule has 1 saturated heterocycles. The monoisotopic (exact) mass is 235 g/mol. The van der Waals surface area contributed by atoms with Gasteiger partial charge in [0, 0.05) is 25.0 Å². The summed E-state index contributed by atoms with van der Waals surface area (Å²) in [5.74, 6) is -0.773. The highest BCUT2D eigenvalue weighted by Gasteiger charge is 2.39. The maximum atomic E-state index is 10.8. The summed E-state index contributed by atoms with van der Waals surface area (Å²) in [6.07, 6.45) is 3.61. The number of likely N-dealkylation sites (tertiary alicyclic amines) is 1. The number of carboxylic acids is 1. The van der Waals surface area contributed by atoms with Crippen LogP contribution in [0.2, 0.25) is 0 Å². The third-order valence-corrected chi connectivity index (χ3v) is 3.39. The Labute approximate surface area is 100 Å². The number of carboxylic acid groups (broad SMARTS) is 1. The van der Waals surface area contributed by atoms with Crippen LogP contribution in [0.15, 0.2) is 24.5 Å². The fraction of sp³-hybridized carbons (Fsp3) is 0.500. The van der Waals surface area contributed by atoms with Gasteiger partial charge in [-0.25, -0.2) is 0 Å². The van der Waals surface area contributed by atoms with E-state index >= 15 is 0 Å². The van der Waals surface area contributed by atoms with Gasteiger partial charge in [0.25, 0.3) is 0 Å². The lowest BCUT2D eigenvalue weighted by atomic mass is 9.93. The Morgan fingerprint density at radius 2 is 2.24 bits per heavy atom. The molecule has 0 radical (unpaired) electrons. The van der Waals surface area contributed by atoms with E-state index in [4.69, 9.17) is 10.8 Å². The summed E-state index contributed by atoms with van der Waals surface area (Å²) < 4.78 is 0. The normalized spacial score (nSPS) is 29.4. The Kier molecular flexibility index (Phi) is 3.40. The number of aliphatic carboxylic acids is 1. The van der Waals surface area contributed by atoms with Gasteiger partial charge >= 0.3 is 5.97 Å². The summed E-state index contributed by atoms with van der Waals surface area (Å²) in [4.78, 5) is 16.9. The van der Waals surface area contributed by atoms with E-state index in [2.05, 4.69) is 9.88 Å². The molecule has 3 atom stereocenters. The van der Waals surface area contributed by atoms with Crippen LogP contribution < -0.4 is 5.73 Å². The average molecular weight is 235 g/mol. The summed E-state index contributed by atoms with van der Waals surface area (Å²) in [7, 11) is 1.98. The minimum atomic E-state index is -0.783. The van der Waals surface area contributed by atoms with Crippen molar-refractivity contribution in [2.24, 2.45) is 11.7 Å². The van der Waals surface area contributed by atoms with Crippen LogP contribution in [0.5, 0.6) is 0 Å². The van der Waals surface area contributed by atoms with Crippen LogP contribution >= 0.6 is 0 Å². The van der Waals surface area contributed by atoms with Gasteiger partial charge in [-0.15, -0.1) is 0 Å². The highest BCUT2D eigenvalue weighted by Crippen LogP contribution is 2.34. The van der Waals surface area contributed by atoms with Gasteiger partial charge in [-0.3, -0.25) is 14.7 Å². The fourth-order valence-corrected chi connectivity index (χ4v) is 2.62. The molecule has 0 aromatic carbocycles. The molecule has 0 spiro atoms. The number of aromatic nitrogens is 1. The predicted molar refractivity (Wildman–Crippen MR) is 63.3 cm³/mol. The van der Waals surface area contributed by atoms with Crippen molar-refractivity contribution in [1.29, 1.82) is 0 Å². The Bertz CT molecular complexity index is 396. The minimum absolute atomic E-state index is 0.00988. The Morgan fingerprint density at radius 1 is 1.59 bits per heavy atom. The van der Waals surface area contributed by atoms with Crippen LogP contribution in [0.25, 0.3) is 0 Å². The zero-order valence-corrected chi connectivity index (χ0v) is 9.78. The minimum Gasteiger partial charge on any atom is -0.481 e. The van der Waals surface area contributed by atoms with Gasteiger partial charge in [-0.2, -0.15) is 0 Å². The first kappa shape index (κ1) is 12.0. The van der Waals surface area contributed by atoms with Crippen LogP contribution in [0.3, 0.4) is 0 Å². The summed E-state index contributed by atoms with van der Waals surface area (Å²) in [5.41, 5.74) is 7.27. The topological polar surface area (TPSA) is 79.5 Å². The summed E-state index contributed by atoms with van der Waals surface area (Å²) >= 11 is 0. The van der Waals surface area contributed by atoms with Gasteiger partial charge in [0.05, 0.1) is 12.5 Å². The molecule has 1 aliphatic rings. The Hall–Kier alpha value is -1.46. The van der Waals surface area contributed by atoms with E-state index in [0.29, 0.717) is 0 Å². The van der Waals surface area contributed by atoms with Gasteiger partial charge in [0.1, 0.15) is 0 Å². The maximum Gasteiger partial charge on any atom is 0.303 e. The molecule has 0 bridgehead atoms. The molecule has 0 aliphatic carbocycles. The second kappa shape index (κ2) is 4.81. The number of carbonyl (C=O) groups is 1. The molecule has 2 heterocycles. The molecule has 0 amide bonds.